The number of hydrogen-bond acceptors (Lipinski definition) is 4. The number of nitrogens with one attached hydrogen (secondary N) is 1. The monoisotopic (exact) mass is 266 g/mol. The van der Waals surface area contributed by atoms with Crippen molar-refractivity contribution in [3.05, 3.63) is 17.5 Å². The first-order chi connectivity index (χ1) is 9.43. The molecule has 1 aliphatic carbocycles. The Hall–Kier alpha value is -0.910. The topological polar surface area (TPSA) is 56.4 Å². The Balaban J connectivity index is 1.39. The maximum absolute atomic E-state index is 5.91. The summed E-state index contributed by atoms with van der Waals surface area (Å²) < 4.78 is 17.1. The molecule has 2 atom stereocenters. The fourth-order valence-electron chi connectivity index (χ4n) is 2.80. The third-order valence-electron chi connectivity index (χ3n) is 3.83. The lowest BCUT2D eigenvalue weighted by Gasteiger charge is -2.24. The van der Waals surface area contributed by atoms with E-state index in [1.165, 1.54) is 18.4 Å². The van der Waals surface area contributed by atoms with Crippen LogP contribution in [0.3, 0.4) is 0 Å². The van der Waals surface area contributed by atoms with Gasteiger partial charge in [0.2, 0.25) is 0 Å². The number of aromatic amines is 1. The van der Waals surface area contributed by atoms with Gasteiger partial charge in [-0.05, 0) is 44.1 Å². The van der Waals surface area contributed by atoms with E-state index in [9.17, 15) is 0 Å². The van der Waals surface area contributed by atoms with Crippen LogP contribution in [0.4, 0.5) is 0 Å². The zero-order chi connectivity index (χ0) is 12.9. The van der Waals surface area contributed by atoms with Crippen molar-refractivity contribution in [2.24, 2.45) is 0 Å². The predicted octanol–water partition coefficient (Wildman–Crippen LogP) is 2.35. The van der Waals surface area contributed by atoms with Crippen molar-refractivity contribution >= 4 is 0 Å². The van der Waals surface area contributed by atoms with Gasteiger partial charge in [0.05, 0.1) is 31.2 Å². The predicted molar refractivity (Wildman–Crippen MR) is 69.8 cm³/mol. The molecule has 5 nitrogen and oxygen atoms in total. The van der Waals surface area contributed by atoms with Crippen molar-refractivity contribution in [1.29, 1.82) is 0 Å². The first-order valence-corrected chi connectivity index (χ1v) is 7.30. The third-order valence-corrected chi connectivity index (χ3v) is 3.83. The highest BCUT2D eigenvalue weighted by atomic mass is 16.7. The van der Waals surface area contributed by atoms with Crippen LogP contribution in [-0.4, -0.2) is 36.3 Å². The van der Waals surface area contributed by atoms with E-state index < -0.39 is 0 Å². The van der Waals surface area contributed by atoms with Gasteiger partial charge < -0.3 is 14.2 Å². The van der Waals surface area contributed by atoms with E-state index in [2.05, 4.69) is 10.2 Å². The van der Waals surface area contributed by atoms with Gasteiger partial charge in [0, 0.05) is 6.61 Å². The molecule has 1 aromatic heterocycles. The van der Waals surface area contributed by atoms with Gasteiger partial charge >= 0.3 is 0 Å². The molecule has 106 valence electrons. The zero-order valence-corrected chi connectivity index (χ0v) is 11.3. The number of nitrogens with zero attached hydrogens (tertiary/aromatic N) is 1. The number of aromatic nitrogens is 2. The molecule has 2 unspecified atom stereocenters. The van der Waals surface area contributed by atoms with Crippen LogP contribution in [0.2, 0.25) is 0 Å². The number of H-pyrrole nitrogens is 1. The summed E-state index contributed by atoms with van der Waals surface area (Å²) in [6.45, 7) is 2.04. The Labute approximate surface area is 113 Å². The molecule has 19 heavy (non-hydrogen) atoms. The highest BCUT2D eigenvalue weighted by Gasteiger charge is 2.22. The third kappa shape index (κ3) is 3.35. The Bertz CT molecular complexity index is 388. The van der Waals surface area contributed by atoms with Crippen molar-refractivity contribution in [2.75, 3.05) is 19.8 Å². The first kappa shape index (κ1) is 13.1. The van der Waals surface area contributed by atoms with E-state index in [1.54, 1.807) is 0 Å². The maximum atomic E-state index is 5.91. The average Bonchev–Trinajstić information content (AvgIpc) is 2.94. The molecule has 2 aliphatic rings. The van der Waals surface area contributed by atoms with Crippen LogP contribution in [0.5, 0.6) is 0 Å². The number of ether oxygens (including phenoxy) is 3. The van der Waals surface area contributed by atoms with Crippen molar-refractivity contribution in [1.82, 2.24) is 10.2 Å². The summed E-state index contributed by atoms with van der Waals surface area (Å²) in [6.07, 6.45) is 8.75. The van der Waals surface area contributed by atoms with Gasteiger partial charge in [-0.15, -0.1) is 0 Å². The molecular formula is C14H22N2O3. The fraction of sp³-hybridized carbons (Fsp3) is 0.786. The molecule has 0 radical (unpaired) electrons. The van der Waals surface area contributed by atoms with Crippen LogP contribution in [-0.2, 0) is 20.6 Å². The van der Waals surface area contributed by atoms with Crippen LogP contribution in [0, 0.1) is 0 Å². The number of rotatable bonds is 5. The van der Waals surface area contributed by atoms with Crippen LogP contribution in [0.1, 0.15) is 49.5 Å². The van der Waals surface area contributed by atoms with E-state index in [0.717, 1.165) is 38.0 Å². The summed E-state index contributed by atoms with van der Waals surface area (Å²) in [4.78, 5) is 0. The minimum Gasteiger partial charge on any atom is -0.370 e. The summed E-state index contributed by atoms with van der Waals surface area (Å²) >= 11 is 0. The van der Waals surface area contributed by atoms with E-state index >= 15 is 0 Å². The molecule has 3 rings (SSSR count). The van der Waals surface area contributed by atoms with Crippen molar-refractivity contribution in [3.63, 3.8) is 0 Å². The first-order valence-electron chi connectivity index (χ1n) is 7.30. The largest absolute Gasteiger partial charge is 0.370 e. The SMILES string of the molecule is c1n[nH]c2c1CCCC2OCCOC1CCCCO1. The fourth-order valence-corrected chi connectivity index (χ4v) is 2.80. The lowest BCUT2D eigenvalue weighted by atomic mass is 9.96. The van der Waals surface area contributed by atoms with Gasteiger partial charge in [0.1, 0.15) is 0 Å². The smallest absolute Gasteiger partial charge is 0.157 e. The van der Waals surface area contributed by atoms with E-state index in [1.807, 2.05) is 6.20 Å². The van der Waals surface area contributed by atoms with Crippen molar-refractivity contribution in [3.8, 4) is 0 Å². The summed E-state index contributed by atoms with van der Waals surface area (Å²) in [5.74, 6) is 0. The second-order valence-electron chi connectivity index (χ2n) is 5.23. The lowest BCUT2D eigenvalue weighted by molar-refractivity contribution is -0.172. The van der Waals surface area contributed by atoms with Gasteiger partial charge in [-0.2, -0.15) is 5.10 Å². The van der Waals surface area contributed by atoms with E-state index in [0.29, 0.717) is 13.2 Å². The van der Waals surface area contributed by atoms with Crippen LogP contribution < -0.4 is 0 Å². The van der Waals surface area contributed by atoms with E-state index in [4.69, 9.17) is 14.2 Å². The average molecular weight is 266 g/mol. The Morgan fingerprint density at radius 3 is 3.05 bits per heavy atom. The normalized spacial score (nSPS) is 27.2. The number of fused-ring (bicyclic) bond motifs is 1. The zero-order valence-electron chi connectivity index (χ0n) is 11.3. The molecule has 0 saturated carbocycles. The Morgan fingerprint density at radius 1 is 1.21 bits per heavy atom. The highest BCUT2D eigenvalue weighted by Crippen LogP contribution is 2.30. The summed E-state index contributed by atoms with van der Waals surface area (Å²) in [6, 6.07) is 0. The minimum absolute atomic E-state index is 0.0218. The van der Waals surface area contributed by atoms with Gasteiger partial charge in [-0.3, -0.25) is 5.10 Å². The quantitative estimate of drug-likeness (QED) is 0.831. The molecule has 0 spiro atoms. The summed E-state index contributed by atoms with van der Waals surface area (Å²) in [5.41, 5.74) is 2.45. The second-order valence-corrected chi connectivity index (χ2v) is 5.23. The molecule has 0 aromatic carbocycles. The Kier molecular flexibility index (Phi) is 4.48. The maximum Gasteiger partial charge on any atom is 0.157 e. The van der Waals surface area contributed by atoms with Gasteiger partial charge in [-0.1, -0.05) is 0 Å². The van der Waals surface area contributed by atoms with Crippen molar-refractivity contribution in [2.45, 2.75) is 50.9 Å². The highest BCUT2D eigenvalue weighted by molar-refractivity contribution is 5.21. The molecule has 2 heterocycles. The van der Waals surface area contributed by atoms with Gasteiger partial charge in [0.15, 0.2) is 6.29 Å². The summed E-state index contributed by atoms with van der Waals surface area (Å²) in [7, 11) is 0. The van der Waals surface area contributed by atoms with Crippen LogP contribution in [0.15, 0.2) is 6.20 Å². The standard InChI is InChI=1S/C14H22N2O3/c1-2-7-18-13(6-1)19-9-8-17-12-5-3-4-11-10-15-16-14(11)12/h10,12-13H,1-9H2,(H,15,16). The molecular weight excluding hydrogens is 244 g/mol. The van der Waals surface area contributed by atoms with E-state index in [-0.39, 0.29) is 12.4 Å². The molecule has 1 saturated heterocycles. The molecule has 1 fully saturated rings. The minimum atomic E-state index is -0.0218. The molecule has 5 heteroatoms. The molecule has 0 amide bonds. The molecule has 1 N–H and O–H groups in total. The number of aryl methyl sites for hydroxylation is 1. The number of hydrogen-bond donors (Lipinski definition) is 1. The van der Waals surface area contributed by atoms with Gasteiger partial charge in [0.25, 0.3) is 0 Å². The van der Waals surface area contributed by atoms with Crippen LogP contribution >= 0.6 is 0 Å². The lowest BCUT2D eigenvalue weighted by Crippen LogP contribution is -2.24. The molecule has 1 aliphatic heterocycles. The van der Waals surface area contributed by atoms with Crippen molar-refractivity contribution < 1.29 is 14.2 Å². The van der Waals surface area contributed by atoms with Crippen LogP contribution in [0.25, 0.3) is 0 Å². The molecule has 1 aromatic rings. The molecule has 0 bridgehead atoms. The Morgan fingerprint density at radius 2 is 2.16 bits per heavy atom. The second kappa shape index (κ2) is 6.50. The van der Waals surface area contributed by atoms with Gasteiger partial charge in [-0.25, -0.2) is 0 Å². The summed E-state index contributed by atoms with van der Waals surface area (Å²) in [5, 5.41) is 7.16.